The van der Waals surface area contributed by atoms with Crippen molar-refractivity contribution in [1.82, 2.24) is 20.0 Å². The van der Waals surface area contributed by atoms with E-state index in [9.17, 15) is 24.6 Å². The Labute approximate surface area is 281 Å². The van der Waals surface area contributed by atoms with Gasteiger partial charge < -0.3 is 29.4 Å². The first-order valence-corrected chi connectivity index (χ1v) is 17.4. The summed E-state index contributed by atoms with van der Waals surface area (Å²) in [4.78, 5) is 40.7. The average Bonchev–Trinajstić information content (AvgIpc) is 3.36. The minimum atomic E-state index is -1.52. The lowest BCUT2D eigenvalue weighted by atomic mass is 9.86. The van der Waals surface area contributed by atoms with Crippen LogP contribution in [-0.2, 0) is 14.3 Å². The van der Waals surface area contributed by atoms with Gasteiger partial charge in [-0.3, -0.25) is 4.90 Å². The van der Waals surface area contributed by atoms with Crippen LogP contribution in [0.15, 0.2) is 54.3 Å². The van der Waals surface area contributed by atoms with Gasteiger partial charge in [-0.25, -0.2) is 4.79 Å². The number of carbonyl (C=O) groups is 3. The molecule has 47 heavy (non-hydrogen) atoms. The van der Waals surface area contributed by atoms with Gasteiger partial charge in [-0.15, -0.1) is 0 Å². The number of hydrogen-bond donors (Lipinski definition) is 2. The third-order valence-corrected chi connectivity index (χ3v) is 9.75. The highest BCUT2D eigenvalue weighted by Gasteiger charge is 2.36. The molecular formula is C37H56N4O6. The highest BCUT2D eigenvalue weighted by atomic mass is 16.6. The summed E-state index contributed by atoms with van der Waals surface area (Å²) in [5.74, 6) is -0.631. The summed E-state index contributed by atoms with van der Waals surface area (Å²) in [7, 11) is 0. The van der Waals surface area contributed by atoms with Gasteiger partial charge in [-0.05, 0) is 63.7 Å². The molecular weight excluding hydrogens is 596 g/mol. The Morgan fingerprint density at radius 2 is 1.79 bits per heavy atom. The van der Waals surface area contributed by atoms with Crippen molar-refractivity contribution in [3.8, 4) is 0 Å². The van der Waals surface area contributed by atoms with Crippen molar-refractivity contribution < 1.29 is 29.3 Å². The third kappa shape index (κ3) is 12.4. The van der Waals surface area contributed by atoms with Crippen LogP contribution < -0.4 is 0 Å². The first-order chi connectivity index (χ1) is 22.6. The van der Waals surface area contributed by atoms with Gasteiger partial charge in [0.25, 0.3) is 0 Å². The molecule has 1 saturated heterocycles. The number of aliphatic hydroxyl groups excluding tert-OH is 1. The van der Waals surface area contributed by atoms with Gasteiger partial charge in [0.1, 0.15) is 18.2 Å². The van der Waals surface area contributed by atoms with Crippen LogP contribution in [0.4, 0.5) is 4.79 Å². The fraction of sp³-hybridized carbons (Fsp3) is 0.649. The molecule has 10 nitrogen and oxygen atoms in total. The Hall–Kier alpha value is -3.21. The van der Waals surface area contributed by atoms with Crippen LogP contribution >= 0.6 is 0 Å². The van der Waals surface area contributed by atoms with Crippen LogP contribution in [-0.4, -0.2) is 98.9 Å². The quantitative estimate of drug-likeness (QED) is 0.104. The molecule has 0 spiro atoms. The molecule has 0 aromatic carbocycles. The number of nitrogens with zero attached hydrogens (tertiary/aromatic N) is 4. The predicted octanol–water partition coefficient (Wildman–Crippen LogP) is 5.42. The number of aromatic nitrogens is 2. The fourth-order valence-electron chi connectivity index (χ4n) is 6.46. The van der Waals surface area contributed by atoms with Crippen molar-refractivity contribution >= 4 is 18.7 Å². The Kier molecular flexibility index (Phi) is 15.9. The van der Waals surface area contributed by atoms with Crippen molar-refractivity contribution in [2.24, 2.45) is 11.8 Å². The number of amides is 1. The molecule has 1 aliphatic heterocycles. The summed E-state index contributed by atoms with van der Waals surface area (Å²) in [6.07, 6.45) is 17.8. The topological polar surface area (TPSA) is 133 Å². The molecule has 1 aromatic heterocycles. The Morgan fingerprint density at radius 3 is 2.40 bits per heavy atom. The van der Waals surface area contributed by atoms with E-state index in [0.29, 0.717) is 25.4 Å². The largest absolute Gasteiger partial charge is 0.439 e. The van der Waals surface area contributed by atoms with Gasteiger partial charge in [-0.1, -0.05) is 69.4 Å². The van der Waals surface area contributed by atoms with Gasteiger partial charge in [0.2, 0.25) is 0 Å². The molecule has 1 saturated carbocycles. The lowest BCUT2D eigenvalue weighted by Gasteiger charge is -2.40. The van der Waals surface area contributed by atoms with Crippen molar-refractivity contribution in [2.45, 2.75) is 115 Å². The zero-order chi connectivity index (χ0) is 34.2. The van der Waals surface area contributed by atoms with Crippen LogP contribution in [0.2, 0.25) is 0 Å². The third-order valence-electron chi connectivity index (χ3n) is 9.75. The van der Waals surface area contributed by atoms with E-state index in [4.69, 9.17) is 4.74 Å². The maximum atomic E-state index is 13.4. The summed E-state index contributed by atoms with van der Waals surface area (Å²) < 4.78 is 5.96. The molecule has 1 unspecified atom stereocenters. The minimum Gasteiger partial charge on any atom is -0.439 e. The van der Waals surface area contributed by atoms with E-state index in [1.807, 2.05) is 51.1 Å². The van der Waals surface area contributed by atoms with Gasteiger partial charge >= 0.3 is 6.09 Å². The number of aliphatic hydroxyl groups is 2. The summed E-state index contributed by atoms with van der Waals surface area (Å²) in [5, 5.41) is 29.7. The van der Waals surface area contributed by atoms with Crippen molar-refractivity contribution in [3.05, 3.63) is 60.0 Å². The lowest BCUT2D eigenvalue weighted by molar-refractivity contribution is -0.111. The highest BCUT2D eigenvalue weighted by molar-refractivity contribution is 5.68. The smallest absolute Gasteiger partial charge is 0.410 e. The first-order valence-electron chi connectivity index (χ1n) is 17.4. The van der Waals surface area contributed by atoms with E-state index in [1.165, 1.54) is 38.5 Å². The molecule has 1 aromatic rings. The van der Waals surface area contributed by atoms with Crippen LogP contribution in [0, 0.1) is 11.8 Å². The monoisotopic (exact) mass is 652 g/mol. The summed E-state index contributed by atoms with van der Waals surface area (Å²) >= 11 is 0. The summed E-state index contributed by atoms with van der Waals surface area (Å²) in [6, 6.07) is 4.34. The molecule has 3 rings (SSSR count). The standard InChI is InChI=1S/C37H56N4O6/c1-28(11-9-12-30(3)34-15-10-21-38-39-34)33(27-43)29(2)16-17-35(37(4,46)20-18-32(44)19-26-42)47-36(45)41-24-22-40(23-25-41)31-13-7-5-6-8-14-31/h9-12,15-17,21,26-27,29-33,35,44,46H,5-8,13-14,18-20,22-25H2,1-4H3/b12-9+,17-16+,28-11+/t29-,30?,32-,33+,35-,37-/m0/s1. The van der Waals surface area contributed by atoms with Crippen molar-refractivity contribution in [2.75, 3.05) is 26.2 Å². The normalized spacial score (nSPS) is 21.8. The second-order valence-corrected chi connectivity index (χ2v) is 13.6. The van der Waals surface area contributed by atoms with Crippen molar-refractivity contribution in [1.29, 1.82) is 0 Å². The maximum Gasteiger partial charge on any atom is 0.410 e. The molecule has 260 valence electrons. The van der Waals surface area contributed by atoms with Crippen LogP contribution in [0.25, 0.3) is 0 Å². The molecule has 2 fully saturated rings. The molecule has 6 atom stereocenters. The summed E-state index contributed by atoms with van der Waals surface area (Å²) in [6.45, 7) is 10.1. The molecule has 2 aliphatic rings. The number of ether oxygens (including phenoxy) is 1. The molecule has 0 bridgehead atoms. The maximum absolute atomic E-state index is 13.4. The van der Waals surface area contributed by atoms with Crippen molar-refractivity contribution in [3.63, 3.8) is 0 Å². The predicted molar refractivity (Wildman–Crippen MR) is 183 cm³/mol. The van der Waals surface area contributed by atoms with Gasteiger partial charge in [0, 0.05) is 56.7 Å². The second kappa shape index (κ2) is 19.6. The zero-order valence-corrected chi connectivity index (χ0v) is 28.7. The Morgan fingerprint density at radius 1 is 1.09 bits per heavy atom. The number of carbonyl (C=O) groups excluding carboxylic acids is 3. The van der Waals surface area contributed by atoms with Crippen LogP contribution in [0.1, 0.15) is 97.1 Å². The van der Waals surface area contributed by atoms with Gasteiger partial charge in [0.15, 0.2) is 6.10 Å². The lowest BCUT2D eigenvalue weighted by Crippen LogP contribution is -2.53. The number of allylic oxidation sites excluding steroid dienone is 5. The number of piperazine rings is 1. The van der Waals surface area contributed by atoms with Crippen LogP contribution in [0.3, 0.4) is 0 Å². The number of hydrogen-bond acceptors (Lipinski definition) is 9. The minimum absolute atomic E-state index is 0.0305. The Balaban J connectivity index is 1.68. The van der Waals surface area contributed by atoms with E-state index < -0.39 is 29.8 Å². The molecule has 0 radical (unpaired) electrons. The van der Waals surface area contributed by atoms with E-state index in [0.717, 1.165) is 30.6 Å². The van der Waals surface area contributed by atoms with E-state index in [2.05, 4.69) is 15.1 Å². The van der Waals surface area contributed by atoms with Gasteiger partial charge in [0.05, 0.1) is 11.8 Å². The Bertz CT molecular complexity index is 1190. The summed E-state index contributed by atoms with van der Waals surface area (Å²) in [5.41, 5.74) is 0.202. The molecule has 1 amide bonds. The zero-order valence-electron chi connectivity index (χ0n) is 28.7. The van der Waals surface area contributed by atoms with Crippen LogP contribution in [0.5, 0.6) is 0 Å². The average molecular weight is 653 g/mol. The highest BCUT2D eigenvalue weighted by Crippen LogP contribution is 2.27. The number of aldehydes is 2. The molecule has 10 heteroatoms. The fourth-order valence-corrected chi connectivity index (χ4v) is 6.46. The van der Waals surface area contributed by atoms with E-state index >= 15 is 0 Å². The van der Waals surface area contributed by atoms with Gasteiger partial charge in [-0.2, -0.15) is 10.2 Å². The first kappa shape index (κ1) is 38.2. The second-order valence-electron chi connectivity index (χ2n) is 13.6. The van der Waals surface area contributed by atoms with E-state index in [1.54, 1.807) is 30.2 Å². The molecule has 1 aliphatic carbocycles. The SMILES string of the molecule is C/C(=C\C=C\C(C)c1cccnn1)[C@@H](C=O)[C@@H](C)/C=C/[C@H](OC(=O)N1CCN(C2CCCCCC2)CC1)[C@@](C)(O)CC[C@H](O)CC=O. The number of rotatable bonds is 16. The molecule has 2 N–H and O–H groups in total. The molecule has 2 heterocycles. The van der Waals surface area contributed by atoms with E-state index in [-0.39, 0.29) is 31.1 Å².